The largest absolute Gasteiger partial charge is 0.344 e. The van der Waals surface area contributed by atoms with Crippen LogP contribution in [0.15, 0.2) is 42.5 Å². The summed E-state index contributed by atoms with van der Waals surface area (Å²) in [5.74, 6) is -0.595. The number of urea groups is 1. The molecule has 2 aliphatic rings. The molecule has 6 heteroatoms. The zero-order chi connectivity index (χ0) is 17.2. The Bertz CT molecular complexity index is 686. The predicted molar refractivity (Wildman–Crippen MR) is 88.4 cm³/mol. The number of rotatable bonds is 5. The second-order valence-corrected chi connectivity index (χ2v) is 6.20. The van der Waals surface area contributed by atoms with Crippen molar-refractivity contribution in [2.45, 2.75) is 38.1 Å². The first-order valence-corrected chi connectivity index (χ1v) is 8.25. The van der Waals surface area contributed by atoms with Gasteiger partial charge < -0.3 is 5.32 Å². The van der Waals surface area contributed by atoms with Crippen LogP contribution in [0.2, 0.25) is 0 Å². The lowest BCUT2D eigenvalue weighted by atomic mass is 9.87. The molecule has 1 saturated heterocycles. The quantitative estimate of drug-likeness (QED) is 0.643. The van der Waals surface area contributed by atoms with Crippen LogP contribution in [0.3, 0.4) is 0 Å². The molecule has 126 valence electrons. The lowest BCUT2D eigenvalue weighted by Crippen LogP contribution is -2.48. The number of carbonyl (C=O) groups is 3. The van der Waals surface area contributed by atoms with Crippen LogP contribution in [0.5, 0.6) is 0 Å². The third-order valence-electron chi connectivity index (χ3n) is 4.68. The number of nitrogens with one attached hydrogen (secondary N) is 2. The van der Waals surface area contributed by atoms with E-state index >= 15 is 0 Å². The Morgan fingerprint density at radius 3 is 2.71 bits per heavy atom. The van der Waals surface area contributed by atoms with Crippen LogP contribution >= 0.6 is 0 Å². The van der Waals surface area contributed by atoms with Crippen molar-refractivity contribution in [1.29, 1.82) is 0 Å². The Balaban J connectivity index is 1.75. The van der Waals surface area contributed by atoms with Crippen molar-refractivity contribution in [2.75, 3.05) is 0 Å². The molecule has 1 aromatic rings. The molecular weight excluding hydrogens is 306 g/mol. The van der Waals surface area contributed by atoms with Crippen molar-refractivity contribution >= 4 is 17.8 Å². The maximum Gasteiger partial charge on any atom is 0.344 e. The van der Waals surface area contributed by atoms with Gasteiger partial charge in [-0.1, -0.05) is 49.4 Å². The Morgan fingerprint density at radius 2 is 2.08 bits per heavy atom. The molecule has 0 bridgehead atoms. The van der Waals surface area contributed by atoms with E-state index in [9.17, 15) is 14.4 Å². The number of nitrogens with zero attached hydrogens (tertiary/aromatic N) is 1. The molecule has 1 fully saturated rings. The zero-order valence-corrected chi connectivity index (χ0v) is 13.6. The van der Waals surface area contributed by atoms with Crippen molar-refractivity contribution in [1.82, 2.24) is 15.8 Å². The minimum Gasteiger partial charge on any atom is -0.318 e. The molecule has 1 aliphatic heterocycles. The Kier molecular flexibility index (Phi) is 4.38. The van der Waals surface area contributed by atoms with Gasteiger partial charge in [-0.05, 0) is 30.7 Å². The van der Waals surface area contributed by atoms with Gasteiger partial charge in [-0.15, -0.1) is 0 Å². The maximum atomic E-state index is 12.9. The number of amides is 4. The topological polar surface area (TPSA) is 78.5 Å². The van der Waals surface area contributed by atoms with Gasteiger partial charge in [0.1, 0.15) is 5.54 Å². The van der Waals surface area contributed by atoms with E-state index in [-0.39, 0.29) is 18.2 Å². The van der Waals surface area contributed by atoms with Gasteiger partial charge in [0.05, 0.1) is 0 Å². The van der Waals surface area contributed by atoms with E-state index in [1.807, 2.05) is 37.3 Å². The van der Waals surface area contributed by atoms with Crippen LogP contribution in [-0.4, -0.2) is 22.9 Å². The van der Waals surface area contributed by atoms with E-state index in [2.05, 4.69) is 10.7 Å². The molecule has 2 atom stereocenters. The van der Waals surface area contributed by atoms with E-state index < -0.39 is 17.5 Å². The summed E-state index contributed by atoms with van der Waals surface area (Å²) in [4.78, 5) is 37.3. The maximum absolute atomic E-state index is 12.9. The number of imide groups is 1. The minimum absolute atomic E-state index is 0.177. The number of carbonyl (C=O) groups excluding carboxylic acids is 3. The molecule has 0 radical (unpaired) electrons. The molecular formula is C18H21N3O3. The SMILES string of the molecule is CC[C@]1(c2ccccc2)NC(=O)N(NC(=O)C[C@H]2C=CCC2)C1=O. The molecule has 2 N–H and O–H groups in total. The molecule has 1 aromatic carbocycles. The highest BCUT2D eigenvalue weighted by Crippen LogP contribution is 2.31. The number of hydrogen-bond acceptors (Lipinski definition) is 3. The van der Waals surface area contributed by atoms with Crippen LogP contribution in [0.25, 0.3) is 0 Å². The Hall–Kier alpha value is -2.63. The van der Waals surface area contributed by atoms with Gasteiger partial charge in [-0.2, -0.15) is 5.01 Å². The average molecular weight is 327 g/mol. The molecule has 6 nitrogen and oxygen atoms in total. The fourth-order valence-electron chi connectivity index (χ4n) is 3.31. The van der Waals surface area contributed by atoms with Crippen molar-refractivity contribution in [3.8, 4) is 0 Å². The summed E-state index contributed by atoms with van der Waals surface area (Å²) in [6.07, 6.45) is 6.62. The van der Waals surface area contributed by atoms with Gasteiger partial charge in [0.25, 0.3) is 5.91 Å². The number of allylic oxidation sites excluding steroid dienone is 2. The number of hydrogen-bond donors (Lipinski definition) is 2. The standard InChI is InChI=1S/C18H21N3O3/c1-2-18(14-10-4-3-5-11-14)16(23)21(17(24)19-18)20-15(22)12-13-8-6-7-9-13/h3-6,8,10-11,13H,2,7,9,12H2,1H3,(H,19,24)(H,20,22)/t13-,18+/m0/s1. The van der Waals surface area contributed by atoms with Gasteiger partial charge in [0, 0.05) is 6.42 Å². The summed E-state index contributed by atoms with van der Waals surface area (Å²) in [5, 5.41) is 3.56. The van der Waals surface area contributed by atoms with E-state index in [1.54, 1.807) is 12.1 Å². The molecule has 4 amide bonds. The highest BCUT2D eigenvalue weighted by Gasteiger charge is 2.52. The van der Waals surface area contributed by atoms with Crippen LogP contribution < -0.4 is 10.7 Å². The molecule has 24 heavy (non-hydrogen) atoms. The van der Waals surface area contributed by atoms with E-state index in [0.717, 1.165) is 17.9 Å². The third-order valence-corrected chi connectivity index (χ3v) is 4.68. The molecule has 1 aliphatic carbocycles. The highest BCUT2D eigenvalue weighted by atomic mass is 16.2. The van der Waals surface area contributed by atoms with Crippen LogP contribution in [0, 0.1) is 5.92 Å². The van der Waals surface area contributed by atoms with Crippen molar-refractivity contribution in [3.63, 3.8) is 0 Å². The lowest BCUT2D eigenvalue weighted by molar-refractivity contribution is -0.139. The van der Waals surface area contributed by atoms with Crippen LogP contribution in [0.1, 0.15) is 38.2 Å². The monoisotopic (exact) mass is 327 g/mol. The molecule has 0 spiro atoms. The van der Waals surface area contributed by atoms with Gasteiger partial charge in [-0.3, -0.25) is 15.0 Å². The first-order chi connectivity index (χ1) is 11.6. The van der Waals surface area contributed by atoms with Gasteiger partial charge in [0.15, 0.2) is 0 Å². The Morgan fingerprint density at radius 1 is 1.33 bits per heavy atom. The number of hydrazine groups is 1. The van der Waals surface area contributed by atoms with E-state index in [0.29, 0.717) is 12.0 Å². The summed E-state index contributed by atoms with van der Waals surface area (Å²) in [7, 11) is 0. The summed E-state index contributed by atoms with van der Waals surface area (Å²) < 4.78 is 0. The molecule has 0 aromatic heterocycles. The van der Waals surface area contributed by atoms with Crippen LogP contribution in [-0.2, 0) is 15.1 Å². The lowest BCUT2D eigenvalue weighted by Gasteiger charge is -2.25. The molecule has 3 rings (SSSR count). The third kappa shape index (κ3) is 2.79. The van der Waals surface area contributed by atoms with E-state index in [1.165, 1.54) is 0 Å². The second-order valence-electron chi connectivity index (χ2n) is 6.20. The molecule has 0 unspecified atom stereocenters. The smallest absolute Gasteiger partial charge is 0.318 e. The zero-order valence-electron chi connectivity index (χ0n) is 13.6. The predicted octanol–water partition coefficient (Wildman–Crippen LogP) is 2.23. The van der Waals surface area contributed by atoms with Crippen LogP contribution in [0.4, 0.5) is 4.79 Å². The summed E-state index contributed by atoms with van der Waals surface area (Å²) in [5.41, 5.74) is 2.05. The molecule has 0 saturated carbocycles. The Labute approximate surface area is 140 Å². The van der Waals surface area contributed by atoms with Gasteiger partial charge in [0.2, 0.25) is 5.91 Å². The van der Waals surface area contributed by atoms with E-state index in [4.69, 9.17) is 0 Å². The normalized spacial score (nSPS) is 25.9. The fourth-order valence-corrected chi connectivity index (χ4v) is 3.31. The van der Waals surface area contributed by atoms with Crippen molar-refractivity contribution < 1.29 is 14.4 Å². The fraction of sp³-hybridized carbons (Fsp3) is 0.389. The summed E-state index contributed by atoms with van der Waals surface area (Å²) in [6, 6.07) is 8.50. The summed E-state index contributed by atoms with van der Waals surface area (Å²) >= 11 is 0. The second kappa shape index (κ2) is 6.47. The minimum atomic E-state index is -1.13. The summed E-state index contributed by atoms with van der Waals surface area (Å²) in [6.45, 7) is 1.83. The first-order valence-electron chi connectivity index (χ1n) is 8.25. The van der Waals surface area contributed by atoms with Gasteiger partial charge in [-0.25, -0.2) is 4.79 Å². The first kappa shape index (κ1) is 16.2. The highest BCUT2D eigenvalue weighted by molar-refractivity contribution is 6.08. The van der Waals surface area contributed by atoms with Crippen molar-refractivity contribution in [2.24, 2.45) is 5.92 Å². The molecule has 1 heterocycles. The van der Waals surface area contributed by atoms with Crippen molar-refractivity contribution in [3.05, 3.63) is 48.0 Å². The number of benzene rings is 1. The van der Waals surface area contributed by atoms with Gasteiger partial charge >= 0.3 is 6.03 Å². The average Bonchev–Trinajstić information content (AvgIpc) is 3.18.